The summed E-state index contributed by atoms with van der Waals surface area (Å²) < 4.78 is 0. The Morgan fingerprint density at radius 2 is 0.833 bits per heavy atom. The molecule has 6 saturated carbocycles. The van der Waals surface area contributed by atoms with Crippen LogP contribution < -0.4 is 0 Å². The minimum atomic E-state index is -0.0246. The SMILES string of the molecule is C[C@]12CCC(=O)C=C1CC[C@@H]1[C@@H]2CC[C@]2(C)C(=O)CC[C@@H]12.C[C@]12CCC(=O)C=C1CC[C@@H]1[C@@H]2CC[C@]2(C)C(=O)CC[C@@H]12. The summed E-state index contributed by atoms with van der Waals surface area (Å²) in [5.41, 5.74) is 3.28. The molecular formula is C38H52O4. The van der Waals surface area contributed by atoms with E-state index in [0.29, 0.717) is 58.6 Å². The molecule has 0 amide bonds. The van der Waals surface area contributed by atoms with Gasteiger partial charge in [0.2, 0.25) is 0 Å². The summed E-state index contributed by atoms with van der Waals surface area (Å²) in [7, 11) is 0. The van der Waals surface area contributed by atoms with Crippen molar-refractivity contribution in [2.75, 3.05) is 0 Å². The predicted octanol–water partition coefficient (Wildman–Crippen LogP) is 8.17. The third-order valence-electron chi connectivity index (χ3n) is 15.3. The van der Waals surface area contributed by atoms with Gasteiger partial charge in [-0.05, 0) is 136 Å². The Labute approximate surface area is 252 Å². The van der Waals surface area contributed by atoms with Gasteiger partial charge >= 0.3 is 0 Å². The van der Waals surface area contributed by atoms with Gasteiger partial charge in [0.15, 0.2) is 11.6 Å². The van der Waals surface area contributed by atoms with Crippen molar-refractivity contribution in [3.05, 3.63) is 23.3 Å². The second-order valence-corrected chi connectivity index (χ2v) is 16.8. The first-order chi connectivity index (χ1) is 19.9. The molecule has 8 aliphatic carbocycles. The van der Waals surface area contributed by atoms with Crippen molar-refractivity contribution in [1.29, 1.82) is 0 Å². The summed E-state index contributed by atoms with van der Waals surface area (Å²) in [6.07, 6.45) is 20.4. The molecule has 4 nitrogen and oxygen atoms in total. The summed E-state index contributed by atoms with van der Waals surface area (Å²) in [6, 6.07) is 0. The van der Waals surface area contributed by atoms with Crippen molar-refractivity contribution < 1.29 is 19.2 Å². The first kappa shape index (κ1) is 28.9. The van der Waals surface area contributed by atoms with Gasteiger partial charge in [-0.3, -0.25) is 19.2 Å². The van der Waals surface area contributed by atoms with E-state index in [0.717, 1.165) is 77.0 Å². The first-order valence-electron chi connectivity index (χ1n) is 17.4. The van der Waals surface area contributed by atoms with Crippen LogP contribution in [0.3, 0.4) is 0 Å². The fourth-order valence-corrected chi connectivity index (χ4v) is 12.7. The van der Waals surface area contributed by atoms with Gasteiger partial charge in [0.05, 0.1) is 0 Å². The lowest BCUT2D eigenvalue weighted by Gasteiger charge is -2.56. The van der Waals surface area contributed by atoms with Crippen molar-refractivity contribution in [2.45, 2.75) is 130 Å². The van der Waals surface area contributed by atoms with E-state index < -0.39 is 0 Å². The van der Waals surface area contributed by atoms with Gasteiger partial charge in [0.1, 0.15) is 11.6 Å². The quantitative estimate of drug-likeness (QED) is 0.294. The summed E-state index contributed by atoms with van der Waals surface area (Å²) >= 11 is 0. The molecule has 0 N–H and O–H groups in total. The van der Waals surface area contributed by atoms with Crippen molar-refractivity contribution in [3.63, 3.8) is 0 Å². The highest BCUT2D eigenvalue weighted by molar-refractivity contribution is 5.92. The second kappa shape index (κ2) is 9.83. The molecule has 6 fully saturated rings. The highest BCUT2D eigenvalue weighted by atomic mass is 16.1. The Morgan fingerprint density at radius 3 is 1.24 bits per heavy atom. The van der Waals surface area contributed by atoms with Gasteiger partial charge in [-0.1, -0.05) is 38.8 Å². The topological polar surface area (TPSA) is 68.3 Å². The lowest BCUT2D eigenvalue weighted by atomic mass is 9.47. The number of carbonyl (C=O) groups excluding carboxylic acids is 4. The number of ketones is 4. The van der Waals surface area contributed by atoms with E-state index >= 15 is 0 Å². The first-order valence-corrected chi connectivity index (χ1v) is 17.4. The summed E-state index contributed by atoms with van der Waals surface area (Å²) in [6.45, 7) is 9.28. The average Bonchev–Trinajstić information content (AvgIpc) is 3.44. The molecule has 10 atom stereocenters. The van der Waals surface area contributed by atoms with Crippen LogP contribution in [0.15, 0.2) is 23.3 Å². The average molecular weight is 573 g/mol. The molecule has 0 saturated heterocycles. The van der Waals surface area contributed by atoms with E-state index in [2.05, 4.69) is 27.7 Å². The molecule has 0 radical (unpaired) electrons. The smallest absolute Gasteiger partial charge is 0.155 e. The Bertz CT molecular complexity index is 1190. The van der Waals surface area contributed by atoms with Crippen LogP contribution in [0, 0.1) is 57.2 Å². The molecule has 0 aromatic carbocycles. The van der Waals surface area contributed by atoms with E-state index in [1.807, 2.05) is 12.2 Å². The van der Waals surface area contributed by atoms with Gasteiger partial charge in [0, 0.05) is 36.5 Å². The van der Waals surface area contributed by atoms with Crippen LogP contribution in [0.25, 0.3) is 0 Å². The number of allylic oxidation sites excluding steroid dienone is 2. The highest BCUT2D eigenvalue weighted by Gasteiger charge is 2.60. The van der Waals surface area contributed by atoms with Gasteiger partial charge in [-0.25, -0.2) is 0 Å². The number of hydrogen-bond acceptors (Lipinski definition) is 4. The number of carbonyl (C=O) groups is 4. The molecule has 0 heterocycles. The summed E-state index contributed by atoms with van der Waals surface area (Å²) in [5.74, 6) is 5.77. The van der Waals surface area contributed by atoms with Gasteiger partial charge in [0.25, 0.3) is 0 Å². The van der Waals surface area contributed by atoms with Crippen molar-refractivity contribution in [1.82, 2.24) is 0 Å². The fourth-order valence-electron chi connectivity index (χ4n) is 12.7. The third-order valence-corrected chi connectivity index (χ3v) is 15.3. The molecule has 4 heteroatoms. The molecule has 0 aromatic heterocycles. The van der Waals surface area contributed by atoms with Crippen molar-refractivity contribution in [2.24, 2.45) is 57.2 Å². The molecule has 0 bridgehead atoms. The Balaban J connectivity index is 0.000000137. The van der Waals surface area contributed by atoms with E-state index in [-0.39, 0.29) is 21.7 Å². The van der Waals surface area contributed by atoms with E-state index in [9.17, 15) is 19.2 Å². The maximum Gasteiger partial charge on any atom is 0.155 e. The number of hydrogen-bond donors (Lipinski definition) is 0. The zero-order chi connectivity index (χ0) is 29.7. The molecule has 8 aliphatic rings. The molecule has 8 rings (SSSR count). The number of fused-ring (bicyclic) bond motifs is 10. The highest BCUT2D eigenvalue weighted by Crippen LogP contribution is 2.65. The maximum atomic E-state index is 12.4. The lowest BCUT2D eigenvalue weighted by Crippen LogP contribution is -2.50. The van der Waals surface area contributed by atoms with E-state index in [4.69, 9.17) is 0 Å². The Morgan fingerprint density at radius 1 is 0.452 bits per heavy atom. The van der Waals surface area contributed by atoms with Crippen LogP contribution in [0.2, 0.25) is 0 Å². The monoisotopic (exact) mass is 572 g/mol. The molecule has 0 spiro atoms. The Kier molecular flexibility index (Phi) is 6.77. The number of Topliss-reactive ketones (excluding diaryl/α,β-unsaturated/α-hetero) is 2. The van der Waals surface area contributed by atoms with Crippen LogP contribution in [0.5, 0.6) is 0 Å². The standard InChI is InChI=1S/2C19H26O2/c2*1-18-9-7-13(20)11-12(18)3-4-14-15-5-6-17(21)19(15,2)10-8-16(14)18/h2*11,14-16H,3-10H2,1-2H3/t2*14-,15-,16-,18-,19-/m00/s1. The van der Waals surface area contributed by atoms with Gasteiger partial charge in [-0.15, -0.1) is 0 Å². The van der Waals surface area contributed by atoms with Gasteiger partial charge in [-0.2, -0.15) is 0 Å². The van der Waals surface area contributed by atoms with Crippen LogP contribution >= 0.6 is 0 Å². The van der Waals surface area contributed by atoms with Crippen molar-refractivity contribution in [3.8, 4) is 0 Å². The van der Waals surface area contributed by atoms with Crippen LogP contribution in [-0.4, -0.2) is 23.1 Å². The van der Waals surface area contributed by atoms with Crippen LogP contribution in [0.1, 0.15) is 130 Å². The molecule has 0 aliphatic heterocycles. The Hall–Kier alpha value is -1.84. The molecule has 228 valence electrons. The normalized spacial score (nSPS) is 49.2. The fraction of sp³-hybridized carbons (Fsp3) is 0.789. The van der Waals surface area contributed by atoms with E-state index in [1.165, 1.54) is 36.8 Å². The molecular weight excluding hydrogens is 520 g/mol. The minimum Gasteiger partial charge on any atom is -0.299 e. The summed E-state index contributed by atoms with van der Waals surface area (Å²) in [4.78, 5) is 48.3. The molecule has 0 aromatic rings. The second-order valence-electron chi connectivity index (χ2n) is 16.8. The van der Waals surface area contributed by atoms with Crippen molar-refractivity contribution >= 4 is 23.1 Å². The molecule has 0 unspecified atom stereocenters. The zero-order valence-corrected chi connectivity index (χ0v) is 26.6. The van der Waals surface area contributed by atoms with Crippen LogP contribution in [-0.2, 0) is 19.2 Å². The molecule has 42 heavy (non-hydrogen) atoms. The van der Waals surface area contributed by atoms with Gasteiger partial charge < -0.3 is 0 Å². The minimum absolute atomic E-state index is 0.0246. The maximum absolute atomic E-state index is 12.4. The predicted molar refractivity (Wildman–Crippen MR) is 163 cm³/mol. The van der Waals surface area contributed by atoms with E-state index in [1.54, 1.807) is 0 Å². The largest absolute Gasteiger partial charge is 0.299 e. The zero-order valence-electron chi connectivity index (χ0n) is 26.6. The van der Waals surface area contributed by atoms with Crippen LogP contribution in [0.4, 0.5) is 0 Å². The number of rotatable bonds is 0. The third kappa shape index (κ3) is 4.04. The summed E-state index contributed by atoms with van der Waals surface area (Å²) in [5, 5.41) is 0. The lowest BCUT2D eigenvalue weighted by molar-refractivity contribution is -0.133.